The van der Waals surface area contributed by atoms with Gasteiger partial charge in [0.25, 0.3) is 0 Å². The van der Waals surface area contributed by atoms with Crippen LogP contribution >= 0.6 is 11.8 Å². The average Bonchev–Trinajstić information content (AvgIpc) is 3.21. The molecule has 9 N–H and O–H groups in total. The number of guanidine groups is 1. The van der Waals surface area contributed by atoms with Gasteiger partial charge in [0.15, 0.2) is 11.0 Å². The second kappa shape index (κ2) is 13.2. The molecule has 15 heteroatoms. The zero-order chi connectivity index (χ0) is 28.5. The number of aliphatic imine (C=N–C) groups is 1. The van der Waals surface area contributed by atoms with Gasteiger partial charge in [-0.25, -0.2) is 4.98 Å². The molecule has 0 aliphatic rings. The number of nitrogens with one attached hydrogen (secondary N) is 3. The van der Waals surface area contributed by atoms with Crippen molar-refractivity contribution >= 4 is 52.0 Å². The van der Waals surface area contributed by atoms with E-state index in [1.807, 2.05) is 18.2 Å². The number of benzene rings is 1. The third kappa shape index (κ3) is 7.91. The van der Waals surface area contributed by atoms with Gasteiger partial charge in [-0.15, -0.1) is 0 Å². The zero-order valence-corrected chi connectivity index (χ0v) is 21.9. The Balaban J connectivity index is 1.88. The number of carbonyl (C=O) groups is 3. The van der Waals surface area contributed by atoms with Gasteiger partial charge < -0.3 is 32.8 Å². The molecular weight excluding hydrogens is 526 g/mol. The standard InChI is InChI=1S/C24H29N9O5S/c1-13(34)30-17(8-4-11-29-24(26)27)21(36)31-18(20(25)35)12-15-14-6-2-3-7-16(14)32-22(15)39-23-19(33(37)38)9-5-10-28-23/h2-3,5-7,9-10,17-18,32H,4,8,11-12H2,1H3,(H2,25,35)(H,30,34)(H,31,36)(H4,26,27,29)/t17-,18-/m0/s1. The summed E-state index contributed by atoms with van der Waals surface area (Å²) in [5, 5.41) is 18.1. The van der Waals surface area contributed by atoms with Crippen molar-refractivity contribution in [3.8, 4) is 0 Å². The van der Waals surface area contributed by atoms with Crippen LogP contribution in [0.25, 0.3) is 10.9 Å². The van der Waals surface area contributed by atoms with Crippen molar-refractivity contribution in [3.63, 3.8) is 0 Å². The summed E-state index contributed by atoms with van der Waals surface area (Å²) in [5.74, 6) is -1.92. The predicted molar refractivity (Wildman–Crippen MR) is 146 cm³/mol. The highest BCUT2D eigenvalue weighted by Gasteiger charge is 2.28. The minimum absolute atomic E-state index is 0.0190. The highest BCUT2D eigenvalue weighted by atomic mass is 32.2. The molecule has 1 aromatic carbocycles. The number of hydrogen-bond donors (Lipinski definition) is 6. The Morgan fingerprint density at radius 3 is 2.54 bits per heavy atom. The van der Waals surface area contributed by atoms with E-state index in [1.165, 1.54) is 25.3 Å². The lowest BCUT2D eigenvalue weighted by Gasteiger charge is -2.21. The Bertz CT molecular complexity index is 1400. The molecule has 0 unspecified atom stereocenters. The number of primary amides is 1. The maximum Gasteiger partial charge on any atom is 0.301 e. The Morgan fingerprint density at radius 1 is 1.13 bits per heavy atom. The minimum atomic E-state index is -1.15. The lowest BCUT2D eigenvalue weighted by molar-refractivity contribution is -0.388. The average molecular weight is 556 g/mol. The number of pyridine rings is 1. The van der Waals surface area contributed by atoms with Crippen molar-refractivity contribution in [2.24, 2.45) is 22.2 Å². The van der Waals surface area contributed by atoms with E-state index in [9.17, 15) is 24.5 Å². The van der Waals surface area contributed by atoms with Crippen LogP contribution in [0.15, 0.2) is 57.6 Å². The van der Waals surface area contributed by atoms with Crippen LogP contribution in [-0.4, -0.2) is 57.2 Å². The molecule has 2 atom stereocenters. The van der Waals surface area contributed by atoms with Crippen LogP contribution < -0.4 is 27.8 Å². The van der Waals surface area contributed by atoms with Gasteiger partial charge in [0.1, 0.15) is 12.1 Å². The van der Waals surface area contributed by atoms with Crippen LogP contribution in [-0.2, 0) is 20.8 Å². The van der Waals surface area contributed by atoms with Crippen LogP contribution in [0, 0.1) is 10.1 Å². The smallest absolute Gasteiger partial charge is 0.301 e. The normalized spacial score (nSPS) is 12.3. The number of nitro groups is 1. The van der Waals surface area contributed by atoms with Crippen molar-refractivity contribution in [1.29, 1.82) is 0 Å². The number of amides is 3. The number of aromatic amines is 1. The molecule has 0 saturated heterocycles. The number of nitrogens with two attached hydrogens (primary N) is 3. The predicted octanol–water partition coefficient (Wildman–Crippen LogP) is 0.693. The molecular formula is C24H29N9O5S. The van der Waals surface area contributed by atoms with E-state index in [4.69, 9.17) is 17.2 Å². The summed E-state index contributed by atoms with van der Waals surface area (Å²) in [6, 6.07) is 7.97. The summed E-state index contributed by atoms with van der Waals surface area (Å²) in [7, 11) is 0. The first-order chi connectivity index (χ1) is 18.6. The van der Waals surface area contributed by atoms with Gasteiger partial charge >= 0.3 is 5.69 Å². The van der Waals surface area contributed by atoms with Crippen LogP contribution in [0.1, 0.15) is 25.3 Å². The Kier molecular flexibility index (Phi) is 9.80. The van der Waals surface area contributed by atoms with Gasteiger partial charge in [0.05, 0.1) is 9.95 Å². The van der Waals surface area contributed by atoms with Gasteiger partial charge in [0, 0.05) is 43.1 Å². The second-order valence-corrected chi connectivity index (χ2v) is 9.53. The summed E-state index contributed by atoms with van der Waals surface area (Å²) in [4.78, 5) is 59.4. The lowest BCUT2D eigenvalue weighted by atomic mass is 10.0. The van der Waals surface area contributed by atoms with E-state index < -0.39 is 34.7 Å². The van der Waals surface area contributed by atoms with Crippen molar-refractivity contribution < 1.29 is 19.3 Å². The van der Waals surface area contributed by atoms with E-state index in [0.29, 0.717) is 17.0 Å². The maximum absolute atomic E-state index is 13.1. The van der Waals surface area contributed by atoms with Crippen LogP contribution in [0.4, 0.5) is 5.69 Å². The zero-order valence-electron chi connectivity index (χ0n) is 21.0. The van der Waals surface area contributed by atoms with Crippen molar-refractivity contribution in [2.75, 3.05) is 6.54 Å². The molecule has 3 aromatic rings. The van der Waals surface area contributed by atoms with E-state index in [1.54, 1.807) is 6.07 Å². The molecule has 3 amide bonds. The minimum Gasteiger partial charge on any atom is -0.370 e. The third-order valence-electron chi connectivity index (χ3n) is 5.63. The van der Waals surface area contributed by atoms with Gasteiger partial charge in [-0.2, -0.15) is 0 Å². The number of aromatic nitrogens is 2. The van der Waals surface area contributed by atoms with Crippen LogP contribution in [0.5, 0.6) is 0 Å². The van der Waals surface area contributed by atoms with Gasteiger partial charge in [-0.1, -0.05) is 18.2 Å². The summed E-state index contributed by atoms with van der Waals surface area (Å²) in [6.07, 6.45) is 2.03. The number of hydrogen-bond acceptors (Lipinski definition) is 8. The molecule has 0 bridgehead atoms. The number of nitrogens with zero attached hydrogens (tertiary/aromatic N) is 3. The fraction of sp³-hybridized carbons (Fsp3) is 0.292. The molecule has 0 spiro atoms. The monoisotopic (exact) mass is 555 g/mol. The third-order valence-corrected chi connectivity index (χ3v) is 6.69. The molecule has 3 rings (SSSR count). The number of fused-ring (bicyclic) bond motifs is 1. The summed E-state index contributed by atoms with van der Waals surface area (Å²) >= 11 is 1.04. The first-order valence-corrected chi connectivity index (χ1v) is 12.7. The number of para-hydroxylation sites is 1. The van der Waals surface area contributed by atoms with Gasteiger partial charge in [-0.05, 0) is 42.3 Å². The molecule has 0 radical (unpaired) electrons. The van der Waals surface area contributed by atoms with Crippen molar-refractivity contribution in [1.82, 2.24) is 20.6 Å². The number of rotatable bonds is 13. The molecule has 2 heterocycles. The fourth-order valence-corrected chi connectivity index (χ4v) is 4.91. The maximum atomic E-state index is 13.1. The molecule has 206 valence electrons. The number of carbonyl (C=O) groups excluding carboxylic acids is 3. The Morgan fingerprint density at radius 2 is 1.87 bits per heavy atom. The first-order valence-electron chi connectivity index (χ1n) is 11.9. The summed E-state index contributed by atoms with van der Waals surface area (Å²) in [6.45, 7) is 1.52. The highest BCUT2D eigenvalue weighted by Crippen LogP contribution is 2.37. The molecule has 39 heavy (non-hydrogen) atoms. The van der Waals surface area contributed by atoms with Crippen molar-refractivity contribution in [2.45, 2.75) is 48.3 Å². The van der Waals surface area contributed by atoms with Crippen LogP contribution in [0.3, 0.4) is 0 Å². The molecule has 2 aromatic heterocycles. The van der Waals surface area contributed by atoms with Gasteiger partial charge in [0.2, 0.25) is 17.7 Å². The van der Waals surface area contributed by atoms with E-state index >= 15 is 0 Å². The van der Waals surface area contributed by atoms with E-state index in [2.05, 4.69) is 25.6 Å². The SMILES string of the molecule is CC(=O)N[C@@H](CCCN=C(N)N)C(=O)N[C@@H](Cc1c(Sc2ncccc2[N+](=O)[O-])[nH]c2ccccc12)C(N)=O. The Labute approximate surface area is 227 Å². The number of H-pyrrole nitrogens is 1. The molecule has 0 aliphatic heterocycles. The van der Waals surface area contributed by atoms with Crippen molar-refractivity contribution in [3.05, 3.63) is 58.3 Å². The summed E-state index contributed by atoms with van der Waals surface area (Å²) in [5.41, 5.74) is 17.5. The van der Waals surface area contributed by atoms with Crippen LogP contribution in [0.2, 0.25) is 0 Å². The fourth-order valence-electron chi connectivity index (χ4n) is 3.88. The molecule has 14 nitrogen and oxygen atoms in total. The largest absolute Gasteiger partial charge is 0.370 e. The van der Waals surface area contributed by atoms with E-state index in [-0.39, 0.29) is 36.1 Å². The Hall–Kier alpha value is -4.66. The molecule has 0 fully saturated rings. The first kappa shape index (κ1) is 28.9. The summed E-state index contributed by atoms with van der Waals surface area (Å²) < 4.78 is 0. The molecule has 0 aliphatic carbocycles. The molecule has 0 saturated carbocycles. The van der Waals surface area contributed by atoms with E-state index in [0.717, 1.165) is 22.7 Å². The topological polar surface area (TPSA) is 238 Å². The quantitative estimate of drug-likeness (QED) is 0.0571. The highest BCUT2D eigenvalue weighted by molar-refractivity contribution is 7.99. The lowest BCUT2D eigenvalue weighted by Crippen LogP contribution is -2.53. The van der Waals surface area contributed by atoms with Gasteiger partial charge in [-0.3, -0.25) is 29.5 Å². The second-order valence-electron chi connectivity index (χ2n) is 8.53.